The molecule has 1 aliphatic heterocycles. The lowest BCUT2D eigenvalue weighted by Gasteiger charge is -2.18. The van der Waals surface area contributed by atoms with Crippen molar-refractivity contribution in [3.05, 3.63) is 102 Å². The Morgan fingerprint density at radius 1 is 0.783 bits per heavy atom. The average molecular weight is 637 g/mol. The lowest BCUT2D eigenvalue weighted by atomic mass is 10.00. The van der Waals surface area contributed by atoms with Crippen LogP contribution in [0.4, 0.5) is 4.79 Å². The average Bonchev–Trinajstić information content (AvgIpc) is 3.38. The maximum atomic E-state index is 13.2. The number of fused-ring (bicyclic) bond motifs is 1. The summed E-state index contributed by atoms with van der Waals surface area (Å²) in [6.07, 6.45) is 9.73. The summed E-state index contributed by atoms with van der Waals surface area (Å²) in [5.74, 6) is 0.741. The van der Waals surface area contributed by atoms with Gasteiger partial charge in [0.05, 0.1) is 18.3 Å². The highest BCUT2D eigenvalue weighted by molar-refractivity contribution is 8.15. The molecule has 0 saturated carbocycles. The molecule has 4 aromatic rings. The van der Waals surface area contributed by atoms with Gasteiger partial charge in [0.15, 0.2) is 0 Å². The molecule has 1 fully saturated rings. The molecule has 0 radical (unpaired) electrons. The summed E-state index contributed by atoms with van der Waals surface area (Å²) in [5.41, 5.74) is 5.18. The van der Waals surface area contributed by atoms with Gasteiger partial charge in [-0.2, -0.15) is 0 Å². The first-order chi connectivity index (χ1) is 22.4. The van der Waals surface area contributed by atoms with Crippen molar-refractivity contribution in [2.24, 2.45) is 0 Å². The summed E-state index contributed by atoms with van der Waals surface area (Å²) in [6.45, 7) is 3.51. The fraction of sp³-hybridized carbons (Fsp3) is 0.359. The molecule has 240 valence electrons. The number of amides is 3. The van der Waals surface area contributed by atoms with Crippen LogP contribution in [0.1, 0.15) is 68.6 Å². The molecule has 0 spiro atoms. The van der Waals surface area contributed by atoms with E-state index in [-0.39, 0.29) is 22.3 Å². The van der Waals surface area contributed by atoms with Crippen molar-refractivity contribution in [1.82, 2.24) is 10.2 Å². The predicted molar refractivity (Wildman–Crippen MR) is 188 cm³/mol. The monoisotopic (exact) mass is 636 g/mol. The van der Waals surface area contributed by atoms with Gasteiger partial charge in [0.2, 0.25) is 11.8 Å². The minimum atomic E-state index is -0.374. The number of imide groups is 1. The van der Waals surface area contributed by atoms with Crippen LogP contribution in [0.15, 0.2) is 84.9 Å². The van der Waals surface area contributed by atoms with Crippen LogP contribution in [-0.2, 0) is 29.0 Å². The number of likely N-dealkylation sites (N-methyl/N-ethyl adjacent to an activating group) is 1. The standard InChI is InChI=1S/C39H44N2O4S/c1-3-4-5-6-7-8-9-21-45-35-20-19-33-22-29(15-18-34(33)26-35)25-37(42)41(2)27-30-11-10-12-32(23-30)31-16-13-28(14-17-31)24-36-38(43)40-39(44)46-36/h10-20,22-23,26,36H,3-9,21,24-25,27H2,1-2H3,(H,40,43,44). The molecule has 0 bridgehead atoms. The Labute approximate surface area is 276 Å². The Hall–Kier alpha value is -4.10. The van der Waals surface area contributed by atoms with Crippen molar-refractivity contribution in [3.8, 4) is 16.9 Å². The molecule has 46 heavy (non-hydrogen) atoms. The van der Waals surface area contributed by atoms with Crippen LogP contribution in [-0.4, -0.2) is 40.9 Å². The molecule has 1 heterocycles. The van der Waals surface area contributed by atoms with Gasteiger partial charge in [-0.05, 0) is 69.6 Å². The quantitative estimate of drug-likeness (QED) is 0.125. The third kappa shape index (κ3) is 9.46. The lowest BCUT2D eigenvalue weighted by Crippen LogP contribution is -2.27. The number of nitrogens with one attached hydrogen (secondary N) is 1. The zero-order valence-corrected chi connectivity index (χ0v) is 27.7. The first-order valence-corrected chi connectivity index (χ1v) is 17.3. The van der Waals surface area contributed by atoms with E-state index in [1.165, 1.54) is 38.5 Å². The van der Waals surface area contributed by atoms with E-state index in [0.29, 0.717) is 19.4 Å². The van der Waals surface area contributed by atoms with Gasteiger partial charge in [-0.1, -0.05) is 124 Å². The van der Waals surface area contributed by atoms with E-state index < -0.39 is 0 Å². The van der Waals surface area contributed by atoms with E-state index in [2.05, 4.69) is 48.6 Å². The summed E-state index contributed by atoms with van der Waals surface area (Å²) in [5, 5.41) is 3.91. The van der Waals surface area contributed by atoms with Crippen LogP contribution in [0.25, 0.3) is 21.9 Å². The fourth-order valence-corrected chi connectivity index (χ4v) is 6.68. The maximum Gasteiger partial charge on any atom is 0.286 e. The van der Waals surface area contributed by atoms with Gasteiger partial charge in [-0.15, -0.1) is 0 Å². The maximum absolute atomic E-state index is 13.2. The number of unbranched alkanes of at least 4 members (excludes halogenated alkanes) is 6. The predicted octanol–water partition coefficient (Wildman–Crippen LogP) is 8.73. The number of benzene rings is 4. The number of hydrogen-bond acceptors (Lipinski definition) is 5. The van der Waals surface area contributed by atoms with E-state index in [0.717, 1.165) is 69.1 Å². The zero-order chi connectivity index (χ0) is 32.3. The van der Waals surface area contributed by atoms with Gasteiger partial charge in [0.1, 0.15) is 5.75 Å². The van der Waals surface area contributed by atoms with Crippen molar-refractivity contribution in [2.45, 2.75) is 76.5 Å². The summed E-state index contributed by atoms with van der Waals surface area (Å²) >= 11 is 1.05. The first kappa shape index (κ1) is 33.3. The SMILES string of the molecule is CCCCCCCCCOc1ccc2cc(CC(=O)N(C)Cc3cccc(-c4ccc(CC5SC(=O)NC5=O)cc4)c3)ccc2c1. The van der Waals surface area contributed by atoms with Gasteiger partial charge in [0, 0.05) is 13.6 Å². The van der Waals surface area contributed by atoms with E-state index in [4.69, 9.17) is 4.74 Å². The van der Waals surface area contributed by atoms with Gasteiger partial charge in [0.25, 0.3) is 5.24 Å². The summed E-state index contributed by atoms with van der Waals surface area (Å²) < 4.78 is 6.01. The zero-order valence-electron chi connectivity index (χ0n) is 26.9. The normalized spacial score (nSPS) is 14.4. The molecular formula is C39H44N2O4S. The Morgan fingerprint density at radius 3 is 2.26 bits per heavy atom. The summed E-state index contributed by atoms with van der Waals surface area (Å²) in [6, 6.07) is 28.7. The molecule has 0 aliphatic carbocycles. The smallest absolute Gasteiger partial charge is 0.286 e. The Balaban J connectivity index is 1.11. The van der Waals surface area contributed by atoms with Crippen LogP contribution in [0.3, 0.4) is 0 Å². The molecule has 5 rings (SSSR count). The highest BCUT2D eigenvalue weighted by Gasteiger charge is 2.31. The van der Waals surface area contributed by atoms with Crippen LogP contribution in [0.2, 0.25) is 0 Å². The Kier molecular flexibility index (Phi) is 11.9. The Morgan fingerprint density at radius 2 is 1.50 bits per heavy atom. The van der Waals surface area contributed by atoms with Crippen molar-refractivity contribution >= 4 is 39.6 Å². The van der Waals surface area contributed by atoms with Crippen molar-refractivity contribution in [3.63, 3.8) is 0 Å². The number of rotatable bonds is 16. The largest absolute Gasteiger partial charge is 0.494 e. The molecule has 1 saturated heterocycles. The molecular weight excluding hydrogens is 593 g/mol. The molecule has 4 aromatic carbocycles. The van der Waals surface area contributed by atoms with E-state index >= 15 is 0 Å². The molecule has 1 N–H and O–H groups in total. The molecule has 0 aromatic heterocycles. The van der Waals surface area contributed by atoms with E-state index in [1.807, 2.05) is 55.6 Å². The van der Waals surface area contributed by atoms with Crippen LogP contribution in [0.5, 0.6) is 5.75 Å². The third-order valence-corrected chi connectivity index (χ3v) is 9.48. The fourth-order valence-electron chi connectivity index (χ4n) is 5.82. The number of nitrogens with zero attached hydrogens (tertiary/aromatic N) is 1. The lowest BCUT2D eigenvalue weighted by molar-refractivity contribution is -0.129. The highest BCUT2D eigenvalue weighted by Crippen LogP contribution is 2.26. The van der Waals surface area contributed by atoms with Crippen LogP contribution < -0.4 is 10.1 Å². The molecule has 3 amide bonds. The van der Waals surface area contributed by atoms with E-state index in [9.17, 15) is 14.4 Å². The topological polar surface area (TPSA) is 75.7 Å². The van der Waals surface area contributed by atoms with Crippen molar-refractivity contribution < 1.29 is 19.1 Å². The molecule has 7 heteroatoms. The minimum absolute atomic E-state index is 0.0658. The molecule has 1 aliphatic rings. The molecule has 1 atom stereocenters. The van der Waals surface area contributed by atoms with Gasteiger partial charge >= 0.3 is 0 Å². The highest BCUT2D eigenvalue weighted by atomic mass is 32.2. The number of hydrogen-bond donors (Lipinski definition) is 1. The van der Waals surface area contributed by atoms with Crippen molar-refractivity contribution in [1.29, 1.82) is 0 Å². The van der Waals surface area contributed by atoms with Gasteiger partial charge in [-0.3, -0.25) is 19.7 Å². The minimum Gasteiger partial charge on any atom is -0.494 e. The van der Waals surface area contributed by atoms with Crippen molar-refractivity contribution in [2.75, 3.05) is 13.7 Å². The Bertz CT molecular complexity index is 1650. The molecule has 1 unspecified atom stereocenters. The van der Waals surface area contributed by atoms with Crippen LogP contribution in [0, 0.1) is 0 Å². The number of carbonyl (C=O) groups is 3. The second-order valence-corrected chi connectivity index (χ2v) is 13.4. The number of carbonyl (C=O) groups excluding carboxylic acids is 3. The summed E-state index contributed by atoms with van der Waals surface area (Å²) in [7, 11) is 1.85. The second kappa shape index (κ2) is 16.5. The van der Waals surface area contributed by atoms with Crippen LogP contribution >= 0.6 is 11.8 Å². The first-order valence-electron chi connectivity index (χ1n) is 16.5. The second-order valence-electron chi connectivity index (χ2n) is 12.2. The van der Waals surface area contributed by atoms with E-state index in [1.54, 1.807) is 4.90 Å². The summed E-state index contributed by atoms with van der Waals surface area (Å²) in [4.78, 5) is 38.3. The van der Waals surface area contributed by atoms with Gasteiger partial charge in [-0.25, -0.2) is 0 Å². The number of ether oxygens (including phenoxy) is 1. The van der Waals surface area contributed by atoms with Gasteiger partial charge < -0.3 is 9.64 Å². The molecule has 6 nitrogen and oxygen atoms in total. The number of thioether (sulfide) groups is 1. The third-order valence-electron chi connectivity index (χ3n) is 8.50.